The van der Waals surface area contributed by atoms with Crippen LogP contribution in [0.15, 0.2) is 43.0 Å². The molecule has 1 aliphatic heterocycles. The Morgan fingerprint density at radius 2 is 1.97 bits per heavy atom. The first-order valence-corrected chi connectivity index (χ1v) is 10.0. The highest BCUT2D eigenvalue weighted by Crippen LogP contribution is 2.25. The van der Waals surface area contributed by atoms with Gasteiger partial charge < -0.3 is 10.2 Å². The summed E-state index contributed by atoms with van der Waals surface area (Å²) < 4.78 is 3.55. The SMILES string of the molecule is CC(C)(C)c1nnc2ccc(N3CC(CNc4cncc(-n5cccn5)n4)C3)nn12. The lowest BCUT2D eigenvalue weighted by Crippen LogP contribution is -2.50. The molecule has 0 radical (unpaired) electrons. The van der Waals surface area contributed by atoms with Gasteiger partial charge in [-0.15, -0.1) is 15.3 Å². The van der Waals surface area contributed by atoms with E-state index in [0.29, 0.717) is 11.7 Å². The third-order valence-corrected chi connectivity index (χ3v) is 5.13. The Morgan fingerprint density at radius 3 is 2.73 bits per heavy atom. The smallest absolute Gasteiger partial charge is 0.178 e. The van der Waals surface area contributed by atoms with E-state index in [1.165, 1.54) is 0 Å². The minimum Gasteiger partial charge on any atom is -0.368 e. The molecule has 4 aromatic heterocycles. The van der Waals surface area contributed by atoms with Crippen molar-refractivity contribution in [1.82, 2.24) is 39.6 Å². The van der Waals surface area contributed by atoms with Gasteiger partial charge in [-0.1, -0.05) is 20.8 Å². The molecule has 0 bridgehead atoms. The average Bonchev–Trinajstić information content (AvgIpc) is 3.36. The van der Waals surface area contributed by atoms with E-state index in [2.05, 4.69) is 56.3 Å². The molecule has 0 atom stereocenters. The monoisotopic (exact) mass is 404 g/mol. The topological polar surface area (TPSA) is 102 Å². The first kappa shape index (κ1) is 18.5. The van der Waals surface area contributed by atoms with Crippen LogP contribution in [-0.2, 0) is 5.41 Å². The minimum absolute atomic E-state index is 0.113. The molecule has 0 saturated carbocycles. The third kappa shape index (κ3) is 3.44. The Balaban J connectivity index is 1.21. The molecule has 1 aliphatic rings. The Morgan fingerprint density at radius 1 is 1.10 bits per heavy atom. The van der Waals surface area contributed by atoms with Crippen molar-refractivity contribution in [3.05, 3.63) is 48.8 Å². The second-order valence-corrected chi connectivity index (χ2v) is 8.60. The molecule has 154 valence electrons. The van der Waals surface area contributed by atoms with Crippen LogP contribution in [-0.4, -0.2) is 59.2 Å². The fourth-order valence-corrected chi connectivity index (χ4v) is 3.51. The molecular formula is C20H24N10. The fraction of sp³-hybridized carbons (Fsp3) is 0.400. The van der Waals surface area contributed by atoms with Crippen molar-refractivity contribution >= 4 is 17.3 Å². The summed E-state index contributed by atoms with van der Waals surface area (Å²) in [6, 6.07) is 5.85. The highest BCUT2D eigenvalue weighted by Gasteiger charge is 2.29. The third-order valence-electron chi connectivity index (χ3n) is 5.13. The maximum atomic E-state index is 4.78. The molecule has 0 spiro atoms. The zero-order valence-electron chi connectivity index (χ0n) is 17.3. The zero-order chi connectivity index (χ0) is 20.7. The van der Waals surface area contributed by atoms with Crippen LogP contribution >= 0.6 is 0 Å². The van der Waals surface area contributed by atoms with Crippen LogP contribution < -0.4 is 10.2 Å². The summed E-state index contributed by atoms with van der Waals surface area (Å²) in [5.74, 6) is 3.78. The second kappa shape index (κ2) is 7.05. The van der Waals surface area contributed by atoms with Gasteiger partial charge in [-0.25, -0.2) is 9.67 Å². The lowest BCUT2D eigenvalue weighted by molar-refractivity contribution is 0.423. The zero-order valence-corrected chi connectivity index (χ0v) is 17.3. The summed E-state index contributed by atoms with van der Waals surface area (Å²) in [6.07, 6.45) is 7.00. The molecular weight excluding hydrogens is 380 g/mol. The van der Waals surface area contributed by atoms with Gasteiger partial charge in [0.2, 0.25) is 0 Å². The predicted molar refractivity (Wildman–Crippen MR) is 113 cm³/mol. The summed E-state index contributed by atoms with van der Waals surface area (Å²) in [5.41, 5.74) is 0.663. The van der Waals surface area contributed by atoms with E-state index in [9.17, 15) is 0 Å². The molecule has 0 unspecified atom stereocenters. The molecule has 0 amide bonds. The molecule has 5 heterocycles. The van der Waals surface area contributed by atoms with E-state index in [4.69, 9.17) is 5.10 Å². The molecule has 1 fully saturated rings. The van der Waals surface area contributed by atoms with Crippen molar-refractivity contribution in [3.63, 3.8) is 0 Å². The first-order valence-electron chi connectivity index (χ1n) is 10.0. The largest absolute Gasteiger partial charge is 0.368 e. The van der Waals surface area contributed by atoms with Crippen molar-refractivity contribution in [2.75, 3.05) is 29.9 Å². The normalized spacial score (nSPS) is 14.8. The molecule has 4 aromatic rings. The number of nitrogens with one attached hydrogen (secondary N) is 1. The van der Waals surface area contributed by atoms with Gasteiger partial charge in [-0.05, 0) is 18.2 Å². The number of anilines is 2. The maximum absolute atomic E-state index is 4.78. The summed E-state index contributed by atoms with van der Waals surface area (Å²) in [4.78, 5) is 11.1. The van der Waals surface area contributed by atoms with Crippen molar-refractivity contribution in [1.29, 1.82) is 0 Å². The van der Waals surface area contributed by atoms with Crippen molar-refractivity contribution in [3.8, 4) is 5.82 Å². The Labute approximate surface area is 174 Å². The van der Waals surface area contributed by atoms with Gasteiger partial charge in [0, 0.05) is 43.4 Å². The van der Waals surface area contributed by atoms with Crippen LogP contribution in [0.2, 0.25) is 0 Å². The van der Waals surface area contributed by atoms with E-state index in [0.717, 1.165) is 42.7 Å². The van der Waals surface area contributed by atoms with E-state index in [1.807, 2.05) is 28.9 Å². The van der Waals surface area contributed by atoms with Crippen molar-refractivity contribution in [2.45, 2.75) is 26.2 Å². The summed E-state index contributed by atoms with van der Waals surface area (Å²) in [6.45, 7) is 9.06. The van der Waals surface area contributed by atoms with Crippen molar-refractivity contribution < 1.29 is 0 Å². The van der Waals surface area contributed by atoms with E-state index in [-0.39, 0.29) is 5.41 Å². The molecule has 0 aromatic carbocycles. The van der Waals surface area contributed by atoms with Gasteiger partial charge in [-0.2, -0.15) is 9.61 Å². The van der Waals surface area contributed by atoms with Gasteiger partial charge in [0.05, 0.1) is 12.4 Å². The standard InChI is InChI=1S/C20H24N10/c1-20(2,3)19-26-25-16-5-6-17(27-30(16)19)28-12-14(13-28)9-22-15-10-21-11-18(24-15)29-8-4-7-23-29/h4-8,10-11,14H,9,12-13H2,1-3H3,(H,22,24). The highest BCUT2D eigenvalue weighted by atomic mass is 15.4. The lowest BCUT2D eigenvalue weighted by atomic mass is 9.96. The first-order chi connectivity index (χ1) is 14.5. The van der Waals surface area contributed by atoms with Crippen LogP contribution in [0.1, 0.15) is 26.6 Å². The molecule has 1 N–H and O–H groups in total. The van der Waals surface area contributed by atoms with E-state index in [1.54, 1.807) is 23.3 Å². The van der Waals surface area contributed by atoms with Crippen LogP contribution in [0, 0.1) is 5.92 Å². The van der Waals surface area contributed by atoms with Crippen LogP contribution in [0.3, 0.4) is 0 Å². The van der Waals surface area contributed by atoms with E-state index >= 15 is 0 Å². The molecule has 1 saturated heterocycles. The van der Waals surface area contributed by atoms with E-state index < -0.39 is 0 Å². The predicted octanol–water partition coefficient (Wildman–Crippen LogP) is 1.95. The van der Waals surface area contributed by atoms with Crippen molar-refractivity contribution in [2.24, 2.45) is 5.92 Å². The minimum atomic E-state index is -0.113. The number of aromatic nitrogens is 8. The average molecular weight is 404 g/mol. The summed E-state index contributed by atoms with van der Waals surface area (Å²) in [5, 5.41) is 20.9. The highest BCUT2D eigenvalue weighted by molar-refractivity contribution is 5.48. The van der Waals surface area contributed by atoms with Gasteiger partial charge in [0.1, 0.15) is 11.6 Å². The number of fused-ring (bicyclic) bond motifs is 1. The van der Waals surface area contributed by atoms with Crippen LogP contribution in [0.25, 0.3) is 11.5 Å². The quantitative estimate of drug-likeness (QED) is 0.538. The fourth-order valence-electron chi connectivity index (χ4n) is 3.51. The number of rotatable bonds is 5. The van der Waals surface area contributed by atoms with Crippen LogP contribution in [0.5, 0.6) is 0 Å². The second-order valence-electron chi connectivity index (χ2n) is 8.60. The summed E-state index contributed by atoms with van der Waals surface area (Å²) >= 11 is 0. The number of hydrogen-bond acceptors (Lipinski definition) is 8. The van der Waals surface area contributed by atoms with Gasteiger partial charge in [0.25, 0.3) is 0 Å². The maximum Gasteiger partial charge on any atom is 0.178 e. The molecule has 10 nitrogen and oxygen atoms in total. The van der Waals surface area contributed by atoms with Gasteiger partial charge in [-0.3, -0.25) is 4.98 Å². The summed E-state index contributed by atoms with van der Waals surface area (Å²) in [7, 11) is 0. The van der Waals surface area contributed by atoms with Gasteiger partial charge in [0.15, 0.2) is 17.3 Å². The Bertz CT molecular complexity index is 1150. The molecule has 0 aliphatic carbocycles. The molecule has 30 heavy (non-hydrogen) atoms. The van der Waals surface area contributed by atoms with Gasteiger partial charge >= 0.3 is 0 Å². The lowest BCUT2D eigenvalue weighted by Gasteiger charge is -2.40. The molecule has 5 rings (SSSR count). The Hall–Kier alpha value is -3.56. The van der Waals surface area contributed by atoms with Crippen LogP contribution in [0.4, 0.5) is 11.6 Å². The Kier molecular flexibility index (Phi) is 4.34. The number of nitrogens with zero attached hydrogens (tertiary/aromatic N) is 9. The number of hydrogen-bond donors (Lipinski definition) is 1. The molecule has 10 heteroatoms.